The van der Waals surface area contributed by atoms with E-state index in [0.29, 0.717) is 12.6 Å². The maximum atomic E-state index is 7.82. The van der Waals surface area contributed by atoms with Crippen molar-refractivity contribution in [2.45, 2.75) is 20.4 Å². The zero-order valence-corrected chi connectivity index (χ0v) is 11.8. The fourth-order valence-electron chi connectivity index (χ4n) is 1.71. The Morgan fingerprint density at radius 2 is 2.10 bits per heavy atom. The molecule has 6 heteroatoms. The number of hydrogen-bond acceptors (Lipinski definition) is 4. The zero-order valence-electron chi connectivity index (χ0n) is 11.8. The molecule has 1 aromatic carbocycles. The smallest absolute Gasteiger partial charge is 0.301 e. The van der Waals surface area contributed by atoms with Crippen LogP contribution in [0, 0.1) is 19.3 Å². The number of hydrogen-bond donors (Lipinski definition) is 3. The highest BCUT2D eigenvalue weighted by Gasteiger charge is 2.07. The molecule has 0 amide bonds. The lowest BCUT2D eigenvalue weighted by molar-refractivity contribution is 0.409. The van der Waals surface area contributed by atoms with Gasteiger partial charge in [-0.1, -0.05) is 18.2 Å². The van der Waals surface area contributed by atoms with Crippen molar-refractivity contribution < 1.29 is 9.15 Å². The summed E-state index contributed by atoms with van der Waals surface area (Å²) in [5.74, 6) is 1.65. The zero-order chi connectivity index (χ0) is 14.5. The van der Waals surface area contributed by atoms with Crippen LogP contribution < -0.4 is 15.4 Å². The number of anilines is 1. The predicted molar refractivity (Wildman–Crippen MR) is 77.2 cm³/mol. The van der Waals surface area contributed by atoms with Crippen molar-refractivity contribution in [3.05, 3.63) is 41.3 Å². The second-order valence-corrected chi connectivity index (χ2v) is 4.33. The van der Waals surface area contributed by atoms with Crippen molar-refractivity contribution in [2.75, 3.05) is 12.4 Å². The first-order valence-electron chi connectivity index (χ1n) is 6.25. The quantitative estimate of drug-likeness (QED) is 0.589. The molecule has 0 aliphatic carbocycles. The highest BCUT2D eigenvalue weighted by Crippen LogP contribution is 2.17. The minimum Gasteiger partial charge on any atom is -0.496 e. The molecule has 0 saturated heterocycles. The van der Waals surface area contributed by atoms with Crippen molar-refractivity contribution in [1.82, 2.24) is 10.3 Å². The van der Waals surface area contributed by atoms with Gasteiger partial charge in [0.15, 0.2) is 5.96 Å². The van der Waals surface area contributed by atoms with Crippen LogP contribution in [-0.4, -0.2) is 18.1 Å². The Morgan fingerprint density at radius 1 is 1.35 bits per heavy atom. The summed E-state index contributed by atoms with van der Waals surface area (Å²) < 4.78 is 10.6. The molecular weight excluding hydrogens is 256 g/mol. The van der Waals surface area contributed by atoms with Gasteiger partial charge in [0.2, 0.25) is 0 Å². The van der Waals surface area contributed by atoms with E-state index in [-0.39, 0.29) is 5.96 Å². The molecule has 0 aliphatic rings. The Labute approximate surface area is 117 Å². The number of oxazole rings is 1. The number of nitrogens with one attached hydrogen (secondary N) is 3. The first-order valence-corrected chi connectivity index (χ1v) is 6.25. The summed E-state index contributed by atoms with van der Waals surface area (Å²) in [5.41, 5.74) is 1.78. The van der Waals surface area contributed by atoms with Crippen LogP contribution in [0.4, 0.5) is 6.01 Å². The summed E-state index contributed by atoms with van der Waals surface area (Å²) in [5, 5.41) is 13.5. The standard InChI is InChI=1S/C14H18N4O2/c1-9-10(2)20-14(17-9)18-13(15)16-8-11-6-4-5-7-12(11)19-3/h4-7H,8H2,1-3H3,(H3,15,16,17,18). The topological polar surface area (TPSA) is 83.2 Å². The average Bonchev–Trinajstić information content (AvgIpc) is 2.75. The summed E-state index contributed by atoms with van der Waals surface area (Å²) in [4.78, 5) is 4.16. The molecule has 2 aromatic rings. The van der Waals surface area contributed by atoms with Crippen LogP contribution in [0.3, 0.4) is 0 Å². The molecule has 20 heavy (non-hydrogen) atoms. The van der Waals surface area contributed by atoms with Gasteiger partial charge in [-0.2, -0.15) is 4.98 Å². The second-order valence-electron chi connectivity index (χ2n) is 4.33. The van der Waals surface area contributed by atoms with E-state index in [2.05, 4.69) is 15.6 Å². The van der Waals surface area contributed by atoms with E-state index in [1.165, 1.54) is 0 Å². The second kappa shape index (κ2) is 6.10. The van der Waals surface area contributed by atoms with Crippen molar-refractivity contribution in [2.24, 2.45) is 0 Å². The van der Waals surface area contributed by atoms with Crippen LogP contribution in [0.2, 0.25) is 0 Å². The van der Waals surface area contributed by atoms with Gasteiger partial charge >= 0.3 is 6.01 Å². The fourth-order valence-corrected chi connectivity index (χ4v) is 1.71. The van der Waals surface area contributed by atoms with Gasteiger partial charge in [-0.3, -0.25) is 10.7 Å². The number of benzene rings is 1. The first kappa shape index (κ1) is 13.9. The molecule has 2 rings (SSSR count). The number of aromatic nitrogens is 1. The largest absolute Gasteiger partial charge is 0.496 e. The van der Waals surface area contributed by atoms with Crippen LogP contribution in [0.25, 0.3) is 0 Å². The molecule has 0 spiro atoms. The van der Waals surface area contributed by atoms with Gasteiger partial charge in [-0.05, 0) is 19.9 Å². The third-order valence-electron chi connectivity index (χ3n) is 2.91. The number of methoxy groups -OCH3 is 1. The Kier molecular flexibility index (Phi) is 4.24. The van der Waals surface area contributed by atoms with Gasteiger partial charge < -0.3 is 14.5 Å². The highest BCUT2D eigenvalue weighted by atomic mass is 16.5. The van der Waals surface area contributed by atoms with E-state index in [0.717, 1.165) is 22.8 Å². The minimum atomic E-state index is 0.122. The first-order chi connectivity index (χ1) is 9.60. The van der Waals surface area contributed by atoms with E-state index >= 15 is 0 Å². The van der Waals surface area contributed by atoms with Gasteiger partial charge in [0.05, 0.1) is 12.8 Å². The molecule has 106 valence electrons. The molecular formula is C14H18N4O2. The molecule has 0 saturated carbocycles. The lowest BCUT2D eigenvalue weighted by Gasteiger charge is -2.10. The fraction of sp³-hybridized carbons (Fsp3) is 0.286. The van der Waals surface area contributed by atoms with Crippen molar-refractivity contribution in [3.63, 3.8) is 0 Å². The van der Waals surface area contributed by atoms with Crippen LogP contribution in [0.1, 0.15) is 17.0 Å². The van der Waals surface area contributed by atoms with Crippen LogP contribution in [0.15, 0.2) is 28.7 Å². The maximum Gasteiger partial charge on any atom is 0.301 e. The van der Waals surface area contributed by atoms with E-state index in [9.17, 15) is 0 Å². The lowest BCUT2D eigenvalue weighted by atomic mass is 10.2. The van der Waals surface area contributed by atoms with Crippen molar-refractivity contribution >= 4 is 12.0 Å². The normalized spacial score (nSPS) is 10.2. The number of guanidine groups is 1. The average molecular weight is 274 g/mol. The van der Waals surface area contributed by atoms with Crippen LogP contribution >= 0.6 is 0 Å². The molecule has 6 nitrogen and oxygen atoms in total. The number of rotatable bonds is 4. The van der Waals surface area contributed by atoms with Gasteiger partial charge in [0.1, 0.15) is 11.5 Å². The van der Waals surface area contributed by atoms with E-state index in [4.69, 9.17) is 14.6 Å². The van der Waals surface area contributed by atoms with E-state index < -0.39 is 0 Å². The Balaban J connectivity index is 1.92. The Morgan fingerprint density at radius 3 is 2.75 bits per heavy atom. The van der Waals surface area contributed by atoms with Crippen LogP contribution in [0.5, 0.6) is 5.75 Å². The number of aryl methyl sites for hydroxylation is 2. The highest BCUT2D eigenvalue weighted by molar-refractivity contribution is 5.89. The Bertz CT molecular complexity index is 587. The van der Waals surface area contributed by atoms with Crippen molar-refractivity contribution in [3.8, 4) is 5.75 Å². The van der Waals surface area contributed by atoms with Gasteiger partial charge in [0.25, 0.3) is 0 Å². The minimum absolute atomic E-state index is 0.122. The van der Waals surface area contributed by atoms with Crippen LogP contribution in [-0.2, 0) is 6.54 Å². The van der Waals surface area contributed by atoms with E-state index in [1.54, 1.807) is 7.11 Å². The van der Waals surface area contributed by atoms with Gasteiger partial charge in [-0.15, -0.1) is 0 Å². The summed E-state index contributed by atoms with van der Waals surface area (Å²) in [6.45, 7) is 4.17. The summed E-state index contributed by atoms with van der Waals surface area (Å²) in [6, 6.07) is 7.98. The summed E-state index contributed by atoms with van der Waals surface area (Å²) >= 11 is 0. The summed E-state index contributed by atoms with van der Waals surface area (Å²) in [6.07, 6.45) is 0. The number of ether oxygens (including phenoxy) is 1. The SMILES string of the molecule is COc1ccccc1CNC(=N)Nc1nc(C)c(C)o1. The summed E-state index contributed by atoms with van der Waals surface area (Å²) in [7, 11) is 1.63. The molecule has 0 radical (unpaired) electrons. The molecule has 0 bridgehead atoms. The van der Waals surface area contributed by atoms with Crippen molar-refractivity contribution in [1.29, 1.82) is 5.41 Å². The molecule has 0 fully saturated rings. The molecule has 0 atom stereocenters. The molecule has 1 heterocycles. The lowest BCUT2D eigenvalue weighted by Crippen LogP contribution is -2.29. The molecule has 0 aliphatic heterocycles. The predicted octanol–water partition coefficient (Wildman–Crippen LogP) is 2.44. The molecule has 0 unspecified atom stereocenters. The maximum absolute atomic E-state index is 7.82. The third kappa shape index (κ3) is 3.28. The van der Waals surface area contributed by atoms with Gasteiger partial charge in [-0.25, -0.2) is 0 Å². The molecule has 3 N–H and O–H groups in total. The molecule has 1 aromatic heterocycles. The number of nitrogens with zero attached hydrogens (tertiary/aromatic N) is 1. The van der Waals surface area contributed by atoms with Gasteiger partial charge in [0, 0.05) is 12.1 Å². The number of para-hydroxylation sites is 1. The van der Waals surface area contributed by atoms with E-state index in [1.807, 2.05) is 38.1 Å². The third-order valence-corrected chi connectivity index (χ3v) is 2.91. The monoisotopic (exact) mass is 274 g/mol. The Hall–Kier alpha value is -2.50.